The fraction of sp³-hybridized carbons (Fsp3) is 0.412. The van der Waals surface area contributed by atoms with Gasteiger partial charge in [-0.3, -0.25) is 0 Å². The largest absolute Gasteiger partial charge is 0.491 e. The average molecular weight is 289 g/mol. The van der Waals surface area contributed by atoms with Gasteiger partial charge >= 0.3 is 0 Å². The molecule has 2 nitrogen and oxygen atoms in total. The van der Waals surface area contributed by atoms with Crippen molar-refractivity contribution in [2.75, 3.05) is 6.54 Å². The second-order valence-corrected chi connectivity index (χ2v) is 6.49. The molecule has 1 aromatic heterocycles. The number of aryl methyl sites for hydroxylation is 1. The molecule has 0 radical (unpaired) electrons. The topological polar surface area (TPSA) is 21.3 Å². The highest BCUT2D eigenvalue weighted by Crippen LogP contribution is 2.29. The Bertz CT molecular complexity index is 530. The van der Waals surface area contributed by atoms with Crippen molar-refractivity contribution < 1.29 is 4.74 Å². The lowest BCUT2D eigenvalue weighted by atomic mass is 10.1. The summed E-state index contributed by atoms with van der Waals surface area (Å²) in [5.74, 6) is 0.932. The maximum Gasteiger partial charge on any atom is 0.119 e. The van der Waals surface area contributed by atoms with Gasteiger partial charge in [-0.05, 0) is 57.1 Å². The summed E-state index contributed by atoms with van der Waals surface area (Å²) < 4.78 is 5.70. The number of hydrogen-bond acceptors (Lipinski definition) is 3. The number of benzene rings is 1. The van der Waals surface area contributed by atoms with Crippen molar-refractivity contribution in [3.05, 3.63) is 51.7 Å². The summed E-state index contributed by atoms with van der Waals surface area (Å²) in [6.45, 7) is 9.33. The summed E-state index contributed by atoms with van der Waals surface area (Å²) >= 11 is 1.85. The molecule has 1 atom stereocenters. The summed E-state index contributed by atoms with van der Waals surface area (Å²) in [5.41, 5.74) is 1.28. The fourth-order valence-corrected chi connectivity index (χ4v) is 3.19. The predicted molar refractivity (Wildman–Crippen MR) is 86.8 cm³/mol. The van der Waals surface area contributed by atoms with E-state index in [-0.39, 0.29) is 12.1 Å². The van der Waals surface area contributed by atoms with Crippen molar-refractivity contribution >= 4 is 11.3 Å². The minimum atomic E-state index is 0.213. The van der Waals surface area contributed by atoms with Gasteiger partial charge in [0.25, 0.3) is 0 Å². The van der Waals surface area contributed by atoms with Gasteiger partial charge in [0.15, 0.2) is 0 Å². The van der Waals surface area contributed by atoms with Crippen LogP contribution in [0.1, 0.15) is 42.1 Å². The minimum absolute atomic E-state index is 0.213. The van der Waals surface area contributed by atoms with Gasteiger partial charge in [-0.2, -0.15) is 0 Å². The highest BCUT2D eigenvalue weighted by atomic mass is 32.1. The van der Waals surface area contributed by atoms with E-state index in [0.29, 0.717) is 0 Å². The van der Waals surface area contributed by atoms with Crippen molar-refractivity contribution in [3.8, 4) is 5.75 Å². The highest BCUT2D eigenvalue weighted by molar-refractivity contribution is 7.12. The second kappa shape index (κ2) is 6.91. The summed E-state index contributed by atoms with van der Waals surface area (Å²) in [6, 6.07) is 13.1. The van der Waals surface area contributed by atoms with Crippen LogP contribution in [0.2, 0.25) is 0 Å². The first-order chi connectivity index (χ1) is 9.60. The monoisotopic (exact) mass is 289 g/mol. The standard InChI is InChI=1S/C17H23NOS/c1-5-18-17(16-11-6-13(4)20-16)14-7-9-15(10-8-14)19-12(2)3/h6-12,17-18H,5H2,1-4H3. The molecule has 2 rings (SSSR count). The van der Waals surface area contributed by atoms with Gasteiger partial charge in [0.2, 0.25) is 0 Å². The van der Waals surface area contributed by atoms with E-state index < -0.39 is 0 Å². The van der Waals surface area contributed by atoms with E-state index in [2.05, 4.69) is 55.6 Å². The highest BCUT2D eigenvalue weighted by Gasteiger charge is 2.14. The van der Waals surface area contributed by atoms with E-state index in [4.69, 9.17) is 4.74 Å². The Balaban J connectivity index is 2.21. The van der Waals surface area contributed by atoms with Crippen LogP contribution in [0.25, 0.3) is 0 Å². The first kappa shape index (κ1) is 15.1. The smallest absolute Gasteiger partial charge is 0.119 e. The van der Waals surface area contributed by atoms with Gasteiger partial charge in [0, 0.05) is 9.75 Å². The molecule has 0 spiro atoms. The molecule has 1 N–H and O–H groups in total. The van der Waals surface area contributed by atoms with Crippen LogP contribution in [0.4, 0.5) is 0 Å². The first-order valence-electron chi connectivity index (χ1n) is 7.16. The van der Waals surface area contributed by atoms with Crippen molar-refractivity contribution in [1.82, 2.24) is 5.32 Å². The maximum atomic E-state index is 5.70. The van der Waals surface area contributed by atoms with Crippen molar-refractivity contribution in [2.45, 2.75) is 39.8 Å². The van der Waals surface area contributed by atoms with Crippen LogP contribution in [0.15, 0.2) is 36.4 Å². The third-order valence-corrected chi connectivity index (χ3v) is 4.10. The Morgan fingerprint density at radius 2 is 1.80 bits per heavy atom. The van der Waals surface area contributed by atoms with E-state index in [9.17, 15) is 0 Å². The molecule has 20 heavy (non-hydrogen) atoms. The van der Waals surface area contributed by atoms with E-state index in [1.165, 1.54) is 15.3 Å². The summed E-state index contributed by atoms with van der Waals surface area (Å²) in [7, 11) is 0. The van der Waals surface area contributed by atoms with Gasteiger partial charge in [-0.25, -0.2) is 0 Å². The van der Waals surface area contributed by atoms with Crippen LogP contribution < -0.4 is 10.1 Å². The van der Waals surface area contributed by atoms with Crippen LogP contribution in [0.3, 0.4) is 0 Å². The zero-order valence-corrected chi connectivity index (χ0v) is 13.5. The van der Waals surface area contributed by atoms with Crippen LogP contribution in [0.5, 0.6) is 5.75 Å². The Hall–Kier alpha value is -1.32. The van der Waals surface area contributed by atoms with E-state index >= 15 is 0 Å². The molecule has 0 aliphatic rings. The summed E-state index contributed by atoms with van der Waals surface area (Å²) in [4.78, 5) is 2.71. The Kier molecular flexibility index (Phi) is 5.21. The van der Waals surface area contributed by atoms with Crippen LogP contribution in [-0.2, 0) is 0 Å². The van der Waals surface area contributed by atoms with E-state index in [1.54, 1.807) is 0 Å². The van der Waals surface area contributed by atoms with Crippen LogP contribution in [0, 0.1) is 6.92 Å². The fourth-order valence-electron chi connectivity index (χ4n) is 2.21. The number of ether oxygens (including phenoxy) is 1. The van der Waals surface area contributed by atoms with Crippen LogP contribution >= 0.6 is 11.3 Å². The number of nitrogens with one attached hydrogen (secondary N) is 1. The maximum absolute atomic E-state index is 5.70. The minimum Gasteiger partial charge on any atom is -0.491 e. The summed E-state index contributed by atoms with van der Waals surface area (Å²) in [6.07, 6.45) is 0.213. The van der Waals surface area contributed by atoms with Crippen molar-refractivity contribution in [2.24, 2.45) is 0 Å². The molecule has 1 aromatic carbocycles. The number of hydrogen-bond donors (Lipinski definition) is 1. The average Bonchev–Trinajstić information content (AvgIpc) is 2.83. The van der Waals surface area contributed by atoms with Crippen molar-refractivity contribution in [1.29, 1.82) is 0 Å². The van der Waals surface area contributed by atoms with E-state index in [0.717, 1.165) is 12.3 Å². The molecular weight excluding hydrogens is 266 g/mol. The second-order valence-electron chi connectivity index (χ2n) is 5.17. The van der Waals surface area contributed by atoms with Gasteiger partial charge in [0.1, 0.15) is 5.75 Å². The molecular formula is C17H23NOS. The molecule has 1 heterocycles. The molecule has 0 saturated carbocycles. The third kappa shape index (κ3) is 3.84. The zero-order chi connectivity index (χ0) is 14.5. The Morgan fingerprint density at radius 1 is 1.10 bits per heavy atom. The molecule has 3 heteroatoms. The SMILES string of the molecule is CCNC(c1ccc(OC(C)C)cc1)c1ccc(C)s1. The molecule has 2 aromatic rings. The Labute approximate surface area is 125 Å². The first-order valence-corrected chi connectivity index (χ1v) is 7.98. The molecule has 1 unspecified atom stereocenters. The molecule has 0 amide bonds. The quantitative estimate of drug-likeness (QED) is 0.843. The zero-order valence-electron chi connectivity index (χ0n) is 12.6. The van der Waals surface area contributed by atoms with E-state index in [1.807, 2.05) is 25.2 Å². The lowest BCUT2D eigenvalue weighted by Crippen LogP contribution is -2.21. The van der Waals surface area contributed by atoms with Crippen molar-refractivity contribution in [3.63, 3.8) is 0 Å². The van der Waals surface area contributed by atoms with Gasteiger partial charge in [-0.1, -0.05) is 19.1 Å². The molecule has 0 aliphatic carbocycles. The normalized spacial score (nSPS) is 12.7. The summed E-state index contributed by atoms with van der Waals surface area (Å²) in [5, 5.41) is 3.56. The molecule has 0 saturated heterocycles. The molecule has 0 aliphatic heterocycles. The number of rotatable bonds is 6. The van der Waals surface area contributed by atoms with Gasteiger partial charge in [-0.15, -0.1) is 11.3 Å². The number of thiophene rings is 1. The molecule has 0 bridgehead atoms. The molecule has 108 valence electrons. The lowest BCUT2D eigenvalue weighted by Gasteiger charge is -2.18. The van der Waals surface area contributed by atoms with Crippen LogP contribution in [-0.4, -0.2) is 12.6 Å². The van der Waals surface area contributed by atoms with Gasteiger partial charge < -0.3 is 10.1 Å². The third-order valence-electron chi connectivity index (χ3n) is 3.04. The Morgan fingerprint density at radius 3 is 2.30 bits per heavy atom. The van der Waals surface area contributed by atoms with Gasteiger partial charge in [0.05, 0.1) is 12.1 Å². The lowest BCUT2D eigenvalue weighted by molar-refractivity contribution is 0.242. The molecule has 0 fully saturated rings. The predicted octanol–water partition coefficient (Wildman–Crippen LogP) is 4.54.